The summed E-state index contributed by atoms with van der Waals surface area (Å²) in [6.45, 7) is 1.85. The monoisotopic (exact) mass is 505 g/mol. The average Bonchev–Trinajstić information content (AvgIpc) is 3.09. The quantitative estimate of drug-likeness (QED) is 0.249. The Morgan fingerprint density at radius 3 is 2.36 bits per heavy atom. The number of rotatable bonds is 7. The van der Waals surface area contributed by atoms with E-state index in [-0.39, 0.29) is 40.0 Å². The third-order valence-electron chi connectivity index (χ3n) is 5.21. The first kappa shape index (κ1) is 24.5. The Hall–Kier alpha value is -4.63. The van der Waals surface area contributed by atoms with Gasteiger partial charge in [-0.2, -0.15) is 0 Å². The smallest absolute Gasteiger partial charge is 0.338 e. The summed E-state index contributed by atoms with van der Waals surface area (Å²) in [6.07, 6.45) is 0. The standard InChI is InChI=1S/C26H20ClN3O6/c1-2-36-26(35)16-6-5-7-18(14-16)30-24(33)21(27)22(25(30)34)28-17-12-10-15(11-13-17)23(32)29-19-8-3-4-9-20(19)31/h3-14,28,31H,2H2,1H3,(H,29,32). The van der Waals surface area contributed by atoms with E-state index in [0.717, 1.165) is 4.90 Å². The molecule has 3 aromatic rings. The number of carbonyl (C=O) groups excluding carboxylic acids is 4. The minimum atomic E-state index is -0.746. The number of hydrogen-bond acceptors (Lipinski definition) is 7. The van der Waals surface area contributed by atoms with Crippen LogP contribution in [0.2, 0.25) is 0 Å². The molecule has 0 aliphatic carbocycles. The largest absolute Gasteiger partial charge is 0.506 e. The molecule has 0 fully saturated rings. The number of phenolic OH excluding ortho intramolecular Hbond substituents is 1. The van der Waals surface area contributed by atoms with E-state index in [9.17, 15) is 24.3 Å². The summed E-state index contributed by atoms with van der Waals surface area (Å²) < 4.78 is 4.97. The normalized spacial score (nSPS) is 13.1. The molecule has 0 saturated heterocycles. The molecule has 0 unspecified atom stereocenters. The fourth-order valence-corrected chi connectivity index (χ4v) is 3.67. The number of benzene rings is 3. The number of amides is 3. The van der Waals surface area contributed by atoms with Gasteiger partial charge in [-0.05, 0) is 61.5 Å². The maximum Gasteiger partial charge on any atom is 0.338 e. The van der Waals surface area contributed by atoms with Crippen LogP contribution < -0.4 is 15.5 Å². The lowest BCUT2D eigenvalue weighted by molar-refractivity contribution is -0.120. The van der Waals surface area contributed by atoms with Crippen molar-refractivity contribution in [3.05, 3.63) is 94.7 Å². The van der Waals surface area contributed by atoms with E-state index in [1.54, 1.807) is 37.3 Å². The van der Waals surface area contributed by atoms with Crippen molar-refractivity contribution in [1.29, 1.82) is 0 Å². The lowest BCUT2D eigenvalue weighted by atomic mass is 10.1. The van der Waals surface area contributed by atoms with Crippen molar-refractivity contribution in [2.45, 2.75) is 6.92 Å². The molecule has 3 amide bonds. The maximum absolute atomic E-state index is 13.0. The highest BCUT2D eigenvalue weighted by atomic mass is 35.5. The molecule has 0 atom stereocenters. The molecule has 1 aliphatic heterocycles. The predicted molar refractivity (Wildman–Crippen MR) is 134 cm³/mol. The Morgan fingerprint density at radius 1 is 0.944 bits per heavy atom. The van der Waals surface area contributed by atoms with Gasteiger partial charge in [-0.15, -0.1) is 0 Å². The van der Waals surface area contributed by atoms with Gasteiger partial charge in [0.2, 0.25) is 0 Å². The van der Waals surface area contributed by atoms with Crippen molar-refractivity contribution >= 4 is 52.4 Å². The van der Waals surface area contributed by atoms with Crippen LogP contribution >= 0.6 is 11.6 Å². The molecule has 182 valence electrons. The predicted octanol–water partition coefficient (Wildman–Crippen LogP) is 4.26. The molecule has 10 heteroatoms. The van der Waals surface area contributed by atoms with Gasteiger partial charge in [-0.3, -0.25) is 14.4 Å². The zero-order chi connectivity index (χ0) is 25.8. The maximum atomic E-state index is 13.0. The van der Waals surface area contributed by atoms with E-state index in [1.807, 2.05) is 0 Å². The second-order valence-corrected chi connectivity index (χ2v) is 7.96. The number of carbonyl (C=O) groups is 4. The van der Waals surface area contributed by atoms with Gasteiger partial charge in [0, 0.05) is 11.3 Å². The number of phenols is 1. The van der Waals surface area contributed by atoms with Crippen LogP contribution in [0.1, 0.15) is 27.6 Å². The highest BCUT2D eigenvalue weighted by molar-refractivity contribution is 6.53. The Labute approximate surface area is 210 Å². The van der Waals surface area contributed by atoms with Crippen LogP contribution in [-0.4, -0.2) is 35.4 Å². The zero-order valence-corrected chi connectivity index (χ0v) is 19.7. The molecule has 4 rings (SSSR count). The molecule has 0 aromatic heterocycles. The molecular formula is C26H20ClN3O6. The molecule has 1 heterocycles. The molecule has 0 spiro atoms. The number of para-hydroxylation sites is 2. The zero-order valence-electron chi connectivity index (χ0n) is 18.9. The van der Waals surface area contributed by atoms with Crippen LogP contribution in [0.3, 0.4) is 0 Å². The van der Waals surface area contributed by atoms with Gasteiger partial charge < -0.3 is 20.5 Å². The summed E-state index contributed by atoms with van der Waals surface area (Å²) in [5, 5.41) is 14.9. The Bertz CT molecular complexity index is 1400. The van der Waals surface area contributed by atoms with Crippen LogP contribution in [-0.2, 0) is 14.3 Å². The minimum Gasteiger partial charge on any atom is -0.506 e. The van der Waals surface area contributed by atoms with Gasteiger partial charge in [0.15, 0.2) is 0 Å². The molecule has 3 N–H and O–H groups in total. The molecule has 9 nitrogen and oxygen atoms in total. The topological polar surface area (TPSA) is 125 Å². The van der Waals surface area contributed by atoms with Crippen molar-refractivity contribution in [2.75, 3.05) is 22.1 Å². The SMILES string of the molecule is CCOC(=O)c1cccc(N2C(=O)C(Cl)=C(Nc3ccc(C(=O)Nc4ccccc4O)cc3)C2=O)c1. The lowest BCUT2D eigenvalue weighted by Crippen LogP contribution is -2.32. The van der Waals surface area contributed by atoms with Gasteiger partial charge in [0.05, 0.1) is 23.5 Å². The van der Waals surface area contributed by atoms with Crippen molar-refractivity contribution in [2.24, 2.45) is 0 Å². The van der Waals surface area contributed by atoms with E-state index < -0.39 is 23.7 Å². The Morgan fingerprint density at radius 2 is 1.67 bits per heavy atom. The summed E-state index contributed by atoms with van der Waals surface area (Å²) in [6, 6.07) is 18.3. The van der Waals surface area contributed by atoms with Crippen LogP contribution in [0.15, 0.2) is 83.5 Å². The minimum absolute atomic E-state index is 0.0625. The first-order valence-corrected chi connectivity index (χ1v) is 11.2. The fraction of sp³-hybridized carbons (Fsp3) is 0.0769. The number of nitrogens with zero attached hydrogens (tertiary/aromatic N) is 1. The number of hydrogen-bond donors (Lipinski definition) is 3. The van der Waals surface area contributed by atoms with E-state index in [0.29, 0.717) is 11.3 Å². The second-order valence-electron chi connectivity index (χ2n) is 7.58. The first-order valence-electron chi connectivity index (χ1n) is 10.8. The highest BCUT2D eigenvalue weighted by Gasteiger charge is 2.39. The molecular weight excluding hydrogens is 486 g/mol. The summed E-state index contributed by atoms with van der Waals surface area (Å²) in [7, 11) is 0. The number of aromatic hydroxyl groups is 1. The fourth-order valence-electron chi connectivity index (χ4n) is 3.46. The van der Waals surface area contributed by atoms with Crippen LogP contribution in [0.25, 0.3) is 0 Å². The third kappa shape index (κ3) is 4.91. The summed E-state index contributed by atoms with van der Waals surface area (Å²) in [4.78, 5) is 51.2. The molecule has 0 radical (unpaired) electrons. The van der Waals surface area contributed by atoms with Gasteiger partial charge in [-0.25, -0.2) is 9.69 Å². The summed E-state index contributed by atoms with van der Waals surface area (Å²) >= 11 is 6.18. The second kappa shape index (κ2) is 10.3. The van der Waals surface area contributed by atoms with Crippen molar-refractivity contribution in [1.82, 2.24) is 0 Å². The Balaban J connectivity index is 1.49. The molecule has 1 aliphatic rings. The number of imide groups is 1. The number of halogens is 1. The van der Waals surface area contributed by atoms with Gasteiger partial charge in [-0.1, -0.05) is 29.8 Å². The van der Waals surface area contributed by atoms with Gasteiger partial charge in [0.1, 0.15) is 16.5 Å². The van der Waals surface area contributed by atoms with E-state index >= 15 is 0 Å². The van der Waals surface area contributed by atoms with Crippen molar-refractivity contribution < 1.29 is 29.0 Å². The number of esters is 1. The van der Waals surface area contributed by atoms with Crippen LogP contribution in [0.4, 0.5) is 17.1 Å². The number of ether oxygens (including phenoxy) is 1. The third-order valence-corrected chi connectivity index (χ3v) is 5.56. The first-order chi connectivity index (χ1) is 17.3. The summed E-state index contributed by atoms with van der Waals surface area (Å²) in [5.74, 6) is -2.54. The lowest BCUT2D eigenvalue weighted by Gasteiger charge is -2.16. The van der Waals surface area contributed by atoms with Crippen molar-refractivity contribution in [3.63, 3.8) is 0 Å². The number of nitrogens with one attached hydrogen (secondary N) is 2. The van der Waals surface area contributed by atoms with Crippen LogP contribution in [0, 0.1) is 0 Å². The summed E-state index contributed by atoms with van der Waals surface area (Å²) in [5.41, 5.74) is 1.19. The van der Waals surface area contributed by atoms with E-state index in [1.165, 1.54) is 42.5 Å². The highest BCUT2D eigenvalue weighted by Crippen LogP contribution is 2.31. The van der Waals surface area contributed by atoms with E-state index in [4.69, 9.17) is 16.3 Å². The van der Waals surface area contributed by atoms with Gasteiger partial charge in [0.25, 0.3) is 17.7 Å². The Kier molecular flexibility index (Phi) is 7.03. The van der Waals surface area contributed by atoms with Crippen molar-refractivity contribution in [3.8, 4) is 5.75 Å². The van der Waals surface area contributed by atoms with Crippen LogP contribution in [0.5, 0.6) is 5.75 Å². The number of anilines is 3. The molecule has 3 aromatic carbocycles. The molecule has 0 bridgehead atoms. The van der Waals surface area contributed by atoms with Gasteiger partial charge >= 0.3 is 5.97 Å². The molecule has 36 heavy (non-hydrogen) atoms. The van der Waals surface area contributed by atoms with E-state index in [2.05, 4.69) is 10.6 Å². The average molecular weight is 506 g/mol. The molecule has 0 saturated carbocycles.